The predicted molar refractivity (Wildman–Crippen MR) is 56.8 cm³/mol. The molecule has 0 aliphatic carbocycles. The molecule has 0 fully saturated rings. The highest BCUT2D eigenvalue weighted by Gasteiger charge is 2.00. The van der Waals surface area contributed by atoms with Gasteiger partial charge in [0.15, 0.2) is 0 Å². The maximum absolute atomic E-state index is 4.46. The van der Waals surface area contributed by atoms with Crippen LogP contribution < -0.4 is 0 Å². The van der Waals surface area contributed by atoms with Gasteiger partial charge in [-0.15, -0.1) is 0 Å². The molecule has 0 atom stereocenters. The topological polar surface area (TPSA) is 12.4 Å². The second kappa shape index (κ2) is 5.13. The molecule has 0 radical (unpaired) electrons. The van der Waals surface area contributed by atoms with Crippen LogP contribution in [-0.2, 0) is 0 Å². The highest BCUT2D eigenvalue weighted by Crippen LogP contribution is 2.07. The van der Waals surface area contributed by atoms with Gasteiger partial charge in [-0.05, 0) is 18.8 Å². The highest BCUT2D eigenvalue weighted by molar-refractivity contribution is 5.83. The molecule has 0 aromatic rings. The lowest BCUT2D eigenvalue weighted by Crippen LogP contribution is -2.05. The normalized spacial score (nSPS) is 12.8. The van der Waals surface area contributed by atoms with Gasteiger partial charge in [-0.2, -0.15) is 0 Å². The van der Waals surface area contributed by atoms with Crippen molar-refractivity contribution in [3.8, 4) is 0 Å². The van der Waals surface area contributed by atoms with E-state index in [9.17, 15) is 0 Å². The first-order valence-electron chi connectivity index (χ1n) is 4.63. The smallest absolute Gasteiger partial charge is 0.0598 e. The Labute approximate surface area is 76.6 Å². The quantitative estimate of drug-likeness (QED) is 0.450. The van der Waals surface area contributed by atoms with E-state index in [0.717, 1.165) is 6.54 Å². The lowest BCUT2D eigenvalue weighted by Gasteiger charge is -2.08. The maximum atomic E-state index is 4.46. The summed E-state index contributed by atoms with van der Waals surface area (Å²) < 4.78 is 0. The summed E-state index contributed by atoms with van der Waals surface area (Å²) in [6.45, 7) is 15.5. The SMILES string of the molecule is C=C(C/N=C(\C)C(C)C)C(C)C. The van der Waals surface area contributed by atoms with Crippen LogP contribution in [0.25, 0.3) is 0 Å². The van der Waals surface area contributed by atoms with Crippen LogP contribution >= 0.6 is 0 Å². The lowest BCUT2D eigenvalue weighted by molar-refractivity contribution is 0.746. The van der Waals surface area contributed by atoms with Crippen LogP contribution in [0.15, 0.2) is 17.1 Å². The van der Waals surface area contributed by atoms with Crippen molar-refractivity contribution < 1.29 is 0 Å². The first-order valence-corrected chi connectivity index (χ1v) is 4.63. The van der Waals surface area contributed by atoms with E-state index in [4.69, 9.17) is 0 Å². The minimum Gasteiger partial charge on any atom is -0.290 e. The molecule has 0 aromatic carbocycles. The molecule has 0 saturated carbocycles. The van der Waals surface area contributed by atoms with Crippen LogP contribution in [0.2, 0.25) is 0 Å². The van der Waals surface area contributed by atoms with Crippen molar-refractivity contribution in [1.82, 2.24) is 0 Å². The highest BCUT2D eigenvalue weighted by atomic mass is 14.7. The maximum Gasteiger partial charge on any atom is 0.0598 e. The summed E-state index contributed by atoms with van der Waals surface area (Å²) in [5.41, 5.74) is 2.44. The fourth-order valence-corrected chi connectivity index (χ4v) is 0.591. The Morgan fingerprint density at radius 3 is 2.00 bits per heavy atom. The third-order valence-corrected chi connectivity index (χ3v) is 2.18. The van der Waals surface area contributed by atoms with E-state index in [1.807, 2.05) is 0 Å². The molecule has 1 nitrogen and oxygen atoms in total. The molecule has 70 valence electrons. The van der Waals surface area contributed by atoms with E-state index in [-0.39, 0.29) is 0 Å². The largest absolute Gasteiger partial charge is 0.290 e. The number of aliphatic imine (C=N–C) groups is 1. The zero-order valence-corrected chi connectivity index (χ0v) is 9.02. The third kappa shape index (κ3) is 4.32. The molecule has 0 heterocycles. The average molecular weight is 167 g/mol. The summed E-state index contributed by atoms with van der Waals surface area (Å²) >= 11 is 0. The zero-order chi connectivity index (χ0) is 9.72. The molecule has 12 heavy (non-hydrogen) atoms. The Kier molecular flexibility index (Phi) is 4.87. The van der Waals surface area contributed by atoms with Gasteiger partial charge in [-0.3, -0.25) is 4.99 Å². The standard InChI is InChI=1S/C11H21N/c1-8(2)10(5)7-12-11(6)9(3)4/h8-9H,5,7H2,1-4,6H3/b12-11+. The molecule has 0 unspecified atom stereocenters. The van der Waals surface area contributed by atoms with Gasteiger partial charge in [0, 0.05) is 5.71 Å². The minimum absolute atomic E-state index is 0.550. The molecule has 0 amide bonds. The van der Waals surface area contributed by atoms with Crippen LogP contribution in [-0.4, -0.2) is 12.3 Å². The van der Waals surface area contributed by atoms with Gasteiger partial charge < -0.3 is 0 Å². The minimum atomic E-state index is 0.550. The van der Waals surface area contributed by atoms with Crippen LogP contribution in [0, 0.1) is 11.8 Å². The Hall–Kier alpha value is -0.590. The number of rotatable bonds is 4. The van der Waals surface area contributed by atoms with Gasteiger partial charge in [-0.1, -0.05) is 39.8 Å². The monoisotopic (exact) mass is 167 g/mol. The molecule has 0 aliphatic rings. The van der Waals surface area contributed by atoms with Crippen molar-refractivity contribution in [3.05, 3.63) is 12.2 Å². The predicted octanol–water partition coefficient (Wildman–Crippen LogP) is 3.32. The first kappa shape index (κ1) is 11.4. The Morgan fingerprint density at radius 2 is 1.67 bits per heavy atom. The van der Waals surface area contributed by atoms with E-state index >= 15 is 0 Å². The number of hydrogen-bond acceptors (Lipinski definition) is 1. The Morgan fingerprint density at radius 1 is 1.17 bits per heavy atom. The van der Waals surface area contributed by atoms with Crippen molar-refractivity contribution in [2.75, 3.05) is 6.54 Å². The van der Waals surface area contributed by atoms with Gasteiger partial charge in [0.25, 0.3) is 0 Å². The van der Waals surface area contributed by atoms with Crippen molar-refractivity contribution in [3.63, 3.8) is 0 Å². The summed E-state index contributed by atoms with van der Waals surface area (Å²) in [5.74, 6) is 1.11. The molecule has 0 saturated heterocycles. The lowest BCUT2D eigenvalue weighted by atomic mass is 10.1. The van der Waals surface area contributed by atoms with Gasteiger partial charge >= 0.3 is 0 Å². The summed E-state index contributed by atoms with van der Waals surface area (Å²) in [4.78, 5) is 4.46. The van der Waals surface area contributed by atoms with Crippen LogP contribution in [0.1, 0.15) is 34.6 Å². The second-order valence-corrected chi connectivity index (χ2v) is 3.93. The molecule has 0 N–H and O–H groups in total. The number of nitrogens with zero attached hydrogens (tertiary/aromatic N) is 1. The molecule has 0 aromatic heterocycles. The van der Waals surface area contributed by atoms with E-state index in [1.54, 1.807) is 0 Å². The fourth-order valence-electron chi connectivity index (χ4n) is 0.591. The molecule has 0 rings (SSSR count). The third-order valence-electron chi connectivity index (χ3n) is 2.18. The van der Waals surface area contributed by atoms with Gasteiger partial charge in [-0.25, -0.2) is 0 Å². The zero-order valence-electron chi connectivity index (χ0n) is 9.02. The number of hydrogen-bond donors (Lipinski definition) is 0. The average Bonchev–Trinajstić information content (AvgIpc) is 1.98. The van der Waals surface area contributed by atoms with Gasteiger partial charge in [0.1, 0.15) is 0 Å². The second-order valence-electron chi connectivity index (χ2n) is 3.93. The van der Waals surface area contributed by atoms with Crippen molar-refractivity contribution in [2.45, 2.75) is 34.6 Å². The molecule has 1 heteroatoms. The van der Waals surface area contributed by atoms with Crippen LogP contribution in [0.3, 0.4) is 0 Å². The molecule has 0 aliphatic heterocycles. The van der Waals surface area contributed by atoms with E-state index < -0.39 is 0 Å². The molecular weight excluding hydrogens is 146 g/mol. The van der Waals surface area contributed by atoms with E-state index in [0.29, 0.717) is 11.8 Å². The van der Waals surface area contributed by atoms with Crippen molar-refractivity contribution >= 4 is 5.71 Å². The Balaban J connectivity index is 3.96. The molecule has 0 spiro atoms. The van der Waals surface area contributed by atoms with E-state index in [1.165, 1.54) is 11.3 Å². The van der Waals surface area contributed by atoms with E-state index in [2.05, 4.69) is 46.2 Å². The van der Waals surface area contributed by atoms with Crippen molar-refractivity contribution in [1.29, 1.82) is 0 Å². The van der Waals surface area contributed by atoms with Crippen molar-refractivity contribution in [2.24, 2.45) is 16.8 Å². The fraction of sp³-hybridized carbons (Fsp3) is 0.727. The summed E-state index contributed by atoms with van der Waals surface area (Å²) in [7, 11) is 0. The van der Waals surface area contributed by atoms with Crippen LogP contribution in [0.5, 0.6) is 0 Å². The molecular formula is C11H21N. The Bertz CT molecular complexity index is 175. The summed E-state index contributed by atoms with van der Waals surface area (Å²) in [6.07, 6.45) is 0. The summed E-state index contributed by atoms with van der Waals surface area (Å²) in [5, 5.41) is 0. The first-order chi connectivity index (χ1) is 5.45. The van der Waals surface area contributed by atoms with Gasteiger partial charge in [0.2, 0.25) is 0 Å². The summed E-state index contributed by atoms with van der Waals surface area (Å²) in [6, 6.07) is 0. The van der Waals surface area contributed by atoms with Gasteiger partial charge in [0.05, 0.1) is 6.54 Å². The van der Waals surface area contributed by atoms with Crippen LogP contribution in [0.4, 0.5) is 0 Å². The molecule has 0 bridgehead atoms.